The molecule has 0 bridgehead atoms. The molecule has 0 aliphatic heterocycles. The van der Waals surface area contributed by atoms with E-state index < -0.39 is 0 Å². The first-order valence-electron chi connectivity index (χ1n) is 6.49. The Labute approximate surface area is 127 Å². The highest BCUT2D eigenvalue weighted by Gasteiger charge is 2.06. The zero-order valence-corrected chi connectivity index (χ0v) is 11.9. The lowest BCUT2D eigenvalue weighted by molar-refractivity contribution is 0.613. The average Bonchev–Trinajstić information content (AvgIpc) is 3.03. The normalized spacial score (nSPS) is 10.6. The van der Waals surface area contributed by atoms with Gasteiger partial charge in [-0.15, -0.1) is 0 Å². The van der Waals surface area contributed by atoms with E-state index >= 15 is 0 Å². The second-order valence-corrected chi connectivity index (χ2v) is 4.99. The molecule has 3 aromatic rings. The average molecular weight is 302 g/mol. The maximum atomic E-state index is 13.8. The lowest BCUT2D eigenvalue weighted by atomic mass is 10.2. The molecule has 0 spiro atoms. The number of aromatic nitrogens is 2. The third-order valence-corrected chi connectivity index (χ3v) is 3.46. The van der Waals surface area contributed by atoms with Gasteiger partial charge in [-0.2, -0.15) is 0 Å². The Morgan fingerprint density at radius 1 is 1.19 bits per heavy atom. The monoisotopic (exact) mass is 301 g/mol. The van der Waals surface area contributed by atoms with Gasteiger partial charge in [0.05, 0.1) is 11.3 Å². The fourth-order valence-electron chi connectivity index (χ4n) is 2.07. The molecule has 0 fully saturated rings. The Morgan fingerprint density at radius 2 is 2.05 bits per heavy atom. The summed E-state index contributed by atoms with van der Waals surface area (Å²) in [4.78, 5) is 4.02. The summed E-state index contributed by atoms with van der Waals surface area (Å²) in [6, 6.07) is 12.8. The van der Waals surface area contributed by atoms with Crippen LogP contribution in [0.2, 0.25) is 5.02 Å². The SMILES string of the molecule is Fc1c(Cl)cccc1CNc1cccc(-n2ccnc2)c1. The van der Waals surface area contributed by atoms with Gasteiger partial charge in [0, 0.05) is 35.9 Å². The van der Waals surface area contributed by atoms with E-state index in [2.05, 4.69) is 10.3 Å². The predicted molar refractivity (Wildman–Crippen MR) is 82.3 cm³/mol. The lowest BCUT2D eigenvalue weighted by Crippen LogP contribution is -2.02. The highest BCUT2D eigenvalue weighted by molar-refractivity contribution is 6.30. The molecule has 0 unspecified atom stereocenters. The van der Waals surface area contributed by atoms with Crippen molar-refractivity contribution >= 4 is 17.3 Å². The van der Waals surface area contributed by atoms with Crippen molar-refractivity contribution < 1.29 is 4.39 Å². The van der Waals surface area contributed by atoms with Crippen LogP contribution in [0, 0.1) is 5.82 Å². The summed E-state index contributed by atoms with van der Waals surface area (Å²) >= 11 is 5.78. The van der Waals surface area contributed by atoms with E-state index in [4.69, 9.17) is 11.6 Å². The number of anilines is 1. The Morgan fingerprint density at radius 3 is 2.86 bits per heavy atom. The van der Waals surface area contributed by atoms with E-state index in [1.165, 1.54) is 0 Å². The maximum absolute atomic E-state index is 13.8. The minimum Gasteiger partial charge on any atom is -0.381 e. The number of rotatable bonds is 4. The van der Waals surface area contributed by atoms with Crippen LogP contribution in [0.3, 0.4) is 0 Å². The van der Waals surface area contributed by atoms with Crippen LogP contribution in [0.1, 0.15) is 5.56 Å². The number of nitrogens with zero attached hydrogens (tertiary/aromatic N) is 2. The largest absolute Gasteiger partial charge is 0.381 e. The number of halogens is 2. The van der Waals surface area contributed by atoms with Gasteiger partial charge >= 0.3 is 0 Å². The summed E-state index contributed by atoms with van der Waals surface area (Å²) < 4.78 is 15.7. The van der Waals surface area contributed by atoms with Crippen LogP contribution in [0.5, 0.6) is 0 Å². The van der Waals surface area contributed by atoms with Gasteiger partial charge in [0.15, 0.2) is 0 Å². The van der Waals surface area contributed by atoms with Gasteiger partial charge in [-0.1, -0.05) is 29.8 Å². The van der Waals surface area contributed by atoms with Crippen molar-refractivity contribution in [3.05, 3.63) is 77.6 Å². The molecule has 1 aromatic heterocycles. The summed E-state index contributed by atoms with van der Waals surface area (Å²) in [5.74, 6) is -0.377. The molecule has 106 valence electrons. The molecule has 0 aliphatic rings. The topological polar surface area (TPSA) is 29.9 Å². The summed E-state index contributed by atoms with van der Waals surface area (Å²) in [6.07, 6.45) is 5.33. The van der Waals surface area contributed by atoms with Crippen LogP contribution in [0.25, 0.3) is 5.69 Å². The molecule has 0 radical (unpaired) electrons. The van der Waals surface area contributed by atoms with Crippen molar-refractivity contribution in [3.8, 4) is 5.69 Å². The Hall–Kier alpha value is -2.33. The molecule has 0 amide bonds. The van der Waals surface area contributed by atoms with Crippen molar-refractivity contribution in [1.29, 1.82) is 0 Å². The molecule has 1 heterocycles. The number of imidazole rings is 1. The Bertz CT molecular complexity index is 741. The smallest absolute Gasteiger partial charge is 0.146 e. The van der Waals surface area contributed by atoms with Crippen LogP contribution in [0.4, 0.5) is 10.1 Å². The van der Waals surface area contributed by atoms with Gasteiger partial charge in [0.1, 0.15) is 5.82 Å². The van der Waals surface area contributed by atoms with Gasteiger partial charge in [0.25, 0.3) is 0 Å². The molecule has 0 saturated carbocycles. The minimum absolute atomic E-state index is 0.140. The van der Waals surface area contributed by atoms with E-state index in [9.17, 15) is 4.39 Å². The molecule has 0 saturated heterocycles. The zero-order valence-electron chi connectivity index (χ0n) is 11.1. The van der Waals surface area contributed by atoms with E-state index in [0.717, 1.165) is 11.4 Å². The third-order valence-electron chi connectivity index (χ3n) is 3.16. The van der Waals surface area contributed by atoms with Gasteiger partial charge in [-0.3, -0.25) is 0 Å². The van der Waals surface area contributed by atoms with Gasteiger partial charge in [-0.05, 0) is 24.3 Å². The second-order valence-electron chi connectivity index (χ2n) is 4.59. The molecule has 5 heteroatoms. The van der Waals surface area contributed by atoms with Crippen LogP contribution in [-0.4, -0.2) is 9.55 Å². The molecule has 21 heavy (non-hydrogen) atoms. The van der Waals surface area contributed by atoms with E-state index in [-0.39, 0.29) is 10.8 Å². The van der Waals surface area contributed by atoms with Crippen molar-refractivity contribution in [2.45, 2.75) is 6.54 Å². The summed E-state index contributed by atoms with van der Waals surface area (Å²) in [7, 11) is 0. The summed E-state index contributed by atoms with van der Waals surface area (Å²) in [5.41, 5.74) is 2.43. The second kappa shape index (κ2) is 5.97. The molecule has 0 aliphatic carbocycles. The molecule has 2 aromatic carbocycles. The number of nitrogens with one attached hydrogen (secondary N) is 1. The van der Waals surface area contributed by atoms with Crippen LogP contribution >= 0.6 is 11.6 Å². The van der Waals surface area contributed by atoms with Gasteiger partial charge in [-0.25, -0.2) is 9.37 Å². The molecule has 0 atom stereocenters. The van der Waals surface area contributed by atoms with Gasteiger partial charge < -0.3 is 9.88 Å². The molecular weight excluding hydrogens is 289 g/mol. The van der Waals surface area contributed by atoms with Crippen molar-refractivity contribution in [2.24, 2.45) is 0 Å². The first-order valence-corrected chi connectivity index (χ1v) is 6.87. The molecule has 1 N–H and O–H groups in total. The summed E-state index contributed by atoms with van der Waals surface area (Å²) in [5, 5.41) is 3.34. The lowest BCUT2D eigenvalue weighted by Gasteiger charge is -2.10. The first-order chi connectivity index (χ1) is 10.2. The fourth-order valence-corrected chi connectivity index (χ4v) is 2.26. The highest BCUT2D eigenvalue weighted by atomic mass is 35.5. The van der Waals surface area contributed by atoms with E-state index in [0.29, 0.717) is 12.1 Å². The van der Waals surface area contributed by atoms with Crippen LogP contribution in [-0.2, 0) is 6.54 Å². The third kappa shape index (κ3) is 3.06. The Balaban J connectivity index is 1.77. The number of hydrogen-bond donors (Lipinski definition) is 1. The van der Waals surface area contributed by atoms with Crippen LogP contribution < -0.4 is 5.32 Å². The first kappa shape index (κ1) is 13.6. The Kier molecular flexibility index (Phi) is 3.88. The van der Waals surface area contributed by atoms with Crippen molar-refractivity contribution in [2.75, 3.05) is 5.32 Å². The van der Waals surface area contributed by atoms with Crippen molar-refractivity contribution in [1.82, 2.24) is 9.55 Å². The van der Waals surface area contributed by atoms with E-state index in [1.807, 2.05) is 35.0 Å². The number of benzene rings is 2. The molecular formula is C16H13ClFN3. The van der Waals surface area contributed by atoms with Gasteiger partial charge in [0.2, 0.25) is 0 Å². The standard InChI is InChI=1S/C16H13ClFN3/c17-15-6-1-3-12(16(15)18)10-20-13-4-2-5-14(9-13)21-8-7-19-11-21/h1-9,11,20H,10H2. The number of hydrogen-bond acceptors (Lipinski definition) is 2. The van der Waals surface area contributed by atoms with Crippen molar-refractivity contribution in [3.63, 3.8) is 0 Å². The fraction of sp³-hybridized carbons (Fsp3) is 0.0625. The predicted octanol–water partition coefficient (Wildman–Crippen LogP) is 4.28. The zero-order chi connectivity index (χ0) is 14.7. The molecule has 3 rings (SSSR count). The quantitative estimate of drug-likeness (QED) is 0.779. The summed E-state index contributed by atoms with van der Waals surface area (Å²) in [6.45, 7) is 0.375. The highest BCUT2D eigenvalue weighted by Crippen LogP contribution is 2.20. The minimum atomic E-state index is -0.377. The maximum Gasteiger partial charge on any atom is 0.146 e. The molecule has 3 nitrogen and oxygen atoms in total. The van der Waals surface area contributed by atoms with Crippen LogP contribution in [0.15, 0.2) is 61.2 Å². The van der Waals surface area contributed by atoms with E-state index in [1.54, 1.807) is 30.7 Å².